The lowest BCUT2D eigenvalue weighted by Gasteiger charge is -2.16. The summed E-state index contributed by atoms with van der Waals surface area (Å²) < 4.78 is 25.9. The van der Waals surface area contributed by atoms with Crippen LogP contribution in [0.25, 0.3) is 87.6 Å². The van der Waals surface area contributed by atoms with Crippen molar-refractivity contribution >= 4 is 65.8 Å². The quantitative estimate of drug-likeness (QED) is 0.0871. The third kappa shape index (κ3) is 8.59. The SMILES string of the molecule is Nc1c(Oc2ccc3c(c2)Cc2cc(Oc4c(N)c5ccccc5c5ccccc45)ccc2-3)c2ccccc2c2ccccc12.Nc1ccc2c(c1)Cc1cc(Oc3ccc4c(c3)Cc3cc(Oc5ccc6c(c5)Cc5cc(N)ccc5-6)ccc3-4)ccc1-2. The van der Waals surface area contributed by atoms with Gasteiger partial charge in [-0.2, -0.15) is 0 Å². The first-order valence-corrected chi connectivity index (χ1v) is 29.8. The molecule has 0 aliphatic heterocycles. The molecule has 88 heavy (non-hydrogen) atoms. The molecule has 0 bridgehead atoms. The zero-order chi connectivity index (χ0) is 58.7. The number of hydrogen-bond donors (Lipinski definition) is 4. The number of ether oxygens (including phenoxy) is 4. The van der Waals surface area contributed by atoms with Crippen molar-refractivity contribution in [1.29, 1.82) is 0 Å². The monoisotopic (exact) mass is 1140 g/mol. The zero-order valence-corrected chi connectivity index (χ0v) is 47.9. The summed E-state index contributed by atoms with van der Waals surface area (Å²) in [6.45, 7) is 0. The molecule has 0 unspecified atom stereocenters. The van der Waals surface area contributed by atoms with Crippen molar-refractivity contribution in [2.45, 2.75) is 25.7 Å². The van der Waals surface area contributed by atoms with Crippen molar-refractivity contribution < 1.29 is 18.9 Å². The smallest absolute Gasteiger partial charge is 0.158 e. The van der Waals surface area contributed by atoms with E-state index in [1.54, 1.807) is 0 Å². The van der Waals surface area contributed by atoms with Crippen molar-refractivity contribution in [2.75, 3.05) is 22.9 Å². The van der Waals surface area contributed by atoms with Crippen molar-refractivity contribution in [3.8, 4) is 90.5 Å². The van der Waals surface area contributed by atoms with Gasteiger partial charge in [-0.1, -0.05) is 146 Å². The number of nitrogen functional groups attached to an aromatic ring is 4. The summed E-state index contributed by atoms with van der Waals surface area (Å²) >= 11 is 0. The minimum absolute atomic E-state index is 0.648. The number of fused-ring (bicyclic) bond motifs is 18. The Balaban J connectivity index is 0.000000137. The third-order valence-corrected chi connectivity index (χ3v) is 18.2. The van der Waals surface area contributed by atoms with E-state index in [1.165, 1.54) is 89.0 Å². The van der Waals surface area contributed by atoms with Crippen LogP contribution in [0.1, 0.15) is 44.5 Å². The summed E-state index contributed by atoms with van der Waals surface area (Å²) in [5.41, 5.74) is 48.4. The Morgan fingerprint density at radius 1 is 0.205 bits per heavy atom. The Hall–Kier alpha value is -11.5. The molecular weight excluding hydrogens is 1080 g/mol. The Morgan fingerprint density at radius 2 is 0.420 bits per heavy atom. The molecule has 0 fully saturated rings. The highest BCUT2D eigenvalue weighted by Gasteiger charge is 2.26. The van der Waals surface area contributed by atoms with Crippen molar-refractivity contribution in [3.63, 3.8) is 0 Å². The third-order valence-electron chi connectivity index (χ3n) is 18.2. The Labute approximate surface area is 508 Å². The van der Waals surface area contributed by atoms with Gasteiger partial charge in [-0.3, -0.25) is 0 Å². The van der Waals surface area contributed by atoms with Gasteiger partial charge in [0, 0.05) is 32.9 Å². The predicted molar refractivity (Wildman–Crippen MR) is 360 cm³/mol. The summed E-state index contributed by atoms with van der Waals surface area (Å²) in [7, 11) is 0. The summed E-state index contributed by atoms with van der Waals surface area (Å²) in [5, 5.41) is 8.48. The molecule has 0 spiro atoms. The van der Waals surface area contributed by atoms with Crippen molar-refractivity contribution in [3.05, 3.63) is 287 Å². The number of benzene rings is 14. The van der Waals surface area contributed by atoms with Gasteiger partial charge in [0.1, 0.15) is 34.5 Å². The van der Waals surface area contributed by atoms with E-state index in [4.69, 9.17) is 41.9 Å². The molecule has 8 N–H and O–H groups in total. The van der Waals surface area contributed by atoms with Crippen molar-refractivity contribution in [2.24, 2.45) is 0 Å². The van der Waals surface area contributed by atoms with Gasteiger partial charge in [-0.05, 0) is 233 Å². The van der Waals surface area contributed by atoms with E-state index in [1.807, 2.05) is 60.7 Å². The molecule has 4 aliphatic rings. The molecule has 8 heteroatoms. The number of hydrogen-bond acceptors (Lipinski definition) is 8. The van der Waals surface area contributed by atoms with Gasteiger partial charge < -0.3 is 41.9 Å². The molecule has 14 aromatic rings. The minimum atomic E-state index is 0.648. The van der Waals surface area contributed by atoms with Crippen LogP contribution in [0.2, 0.25) is 0 Å². The van der Waals surface area contributed by atoms with Crippen LogP contribution in [0.5, 0.6) is 46.0 Å². The first-order valence-electron chi connectivity index (χ1n) is 29.8. The molecule has 14 aromatic carbocycles. The van der Waals surface area contributed by atoms with Gasteiger partial charge >= 0.3 is 0 Å². The van der Waals surface area contributed by atoms with Gasteiger partial charge in [0.05, 0.1) is 11.4 Å². The highest BCUT2D eigenvalue weighted by molar-refractivity contribution is 6.17. The molecule has 0 aromatic heterocycles. The Morgan fingerprint density at radius 3 is 0.705 bits per heavy atom. The van der Waals surface area contributed by atoms with Crippen LogP contribution in [0.3, 0.4) is 0 Å². The van der Waals surface area contributed by atoms with Gasteiger partial charge in [-0.25, -0.2) is 0 Å². The average Bonchev–Trinajstić information content (AvgIpc) is 1.86. The van der Waals surface area contributed by atoms with E-state index >= 15 is 0 Å². The molecule has 4 aliphatic carbocycles. The maximum atomic E-state index is 6.72. The van der Waals surface area contributed by atoms with Crippen LogP contribution in [0, 0.1) is 0 Å². The van der Waals surface area contributed by atoms with Crippen LogP contribution in [-0.4, -0.2) is 0 Å². The molecule has 0 saturated heterocycles. The van der Waals surface area contributed by atoms with E-state index in [9.17, 15) is 0 Å². The highest BCUT2D eigenvalue weighted by atomic mass is 16.5. The first kappa shape index (κ1) is 51.0. The highest BCUT2D eigenvalue weighted by Crippen LogP contribution is 2.49. The average molecular weight is 1140 g/mol. The van der Waals surface area contributed by atoms with Crippen LogP contribution in [-0.2, 0) is 25.7 Å². The molecule has 0 amide bonds. The summed E-state index contributed by atoms with van der Waals surface area (Å²) in [4.78, 5) is 0. The van der Waals surface area contributed by atoms with E-state index in [-0.39, 0.29) is 0 Å². The lowest BCUT2D eigenvalue weighted by Crippen LogP contribution is -1.96. The molecule has 8 nitrogen and oxygen atoms in total. The van der Waals surface area contributed by atoms with E-state index in [2.05, 4.69) is 182 Å². The van der Waals surface area contributed by atoms with E-state index in [0.29, 0.717) is 22.9 Å². The molecule has 0 heterocycles. The van der Waals surface area contributed by atoms with Gasteiger partial charge in [0.15, 0.2) is 11.5 Å². The first-order chi connectivity index (χ1) is 43.2. The lowest BCUT2D eigenvalue weighted by atomic mass is 9.99. The molecule has 0 saturated carbocycles. The number of rotatable bonds is 8. The number of anilines is 4. The standard InChI is InChI=1S/C41H28N2O2.C39H28N2O2/c42-38-34-13-5-1-9-30(34)32-11-3-7-15-36(32)40(38)44-26-17-19-28-24(22-26)21-25-23-27(18-20-29(25)28)45-41-37-16-8-4-12-33(37)31-10-2-6-14-35(31)39(41)43;40-28-1-7-34-22(16-28)13-24-18-30(3-9-36(24)34)42-32-5-11-38-26(20-32)15-27-21-33(6-12-39(27)38)43-31-4-10-37-25(19-31)14-23-17-29(41)2-8-35(23)37/h1-20,22-23H,21,42-43H2;1-12,16-21H,13-15,40-41H2. The van der Waals surface area contributed by atoms with Gasteiger partial charge in [0.25, 0.3) is 0 Å². The summed E-state index contributed by atoms with van der Waals surface area (Å²) in [5.74, 6) is 6.32. The largest absolute Gasteiger partial charge is 0.457 e. The summed E-state index contributed by atoms with van der Waals surface area (Å²) in [6.07, 6.45) is 3.39. The molecule has 420 valence electrons. The topological polar surface area (TPSA) is 141 Å². The molecule has 18 rings (SSSR count). The fourth-order valence-corrected chi connectivity index (χ4v) is 14.1. The van der Waals surface area contributed by atoms with Crippen molar-refractivity contribution in [1.82, 2.24) is 0 Å². The fourth-order valence-electron chi connectivity index (χ4n) is 14.1. The lowest BCUT2D eigenvalue weighted by molar-refractivity contribution is 0.482. The van der Waals surface area contributed by atoms with Crippen LogP contribution in [0.4, 0.5) is 22.7 Å². The number of nitrogens with two attached hydrogens (primary N) is 4. The molecule has 0 atom stereocenters. The second-order valence-corrected chi connectivity index (χ2v) is 23.5. The van der Waals surface area contributed by atoms with Gasteiger partial charge in [-0.15, -0.1) is 0 Å². The second kappa shape index (κ2) is 20.1. The Bertz CT molecular complexity index is 4970. The zero-order valence-electron chi connectivity index (χ0n) is 47.9. The fraction of sp³-hybridized carbons (Fsp3) is 0.0500. The maximum absolute atomic E-state index is 6.72. The minimum Gasteiger partial charge on any atom is -0.457 e. The van der Waals surface area contributed by atoms with Crippen LogP contribution in [0.15, 0.2) is 243 Å². The van der Waals surface area contributed by atoms with E-state index < -0.39 is 0 Å². The second-order valence-electron chi connectivity index (χ2n) is 23.5. The van der Waals surface area contributed by atoms with Gasteiger partial charge in [0.2, 0.25) is 0 Å². The maximum Gasteiger partial charge on any atom is 0.158 e. The summed E-state index contributed by atoms with van der Waals surface area (Å²) in [6, 6.07) is 83.5. The molecular formula is C80H56N4O4. The predicted octanol–water partition coefficient (Wildman–Crippen LogP) is 19.8. The van der Waals surface area contributed by atoms with E-state index in [0.717, 1.165) is 115 Å². The molecule has 0 radical (unpaired) electrons. The normalized spacial score (nSPS) is 12.5. The van der Waals surface area contributed by atoms with Crippen LogP contribution >= 0.6 is 0 Å². The Kier molecular flexibility index (Phi) is 11.6. The van der Waals surface area contributed by atoms with Crippen LogP contribution < -0.4 is 41.9 Å².